The van der Waals surface area contributed by atoms with Gasteiger partial charge < -0.3 is 5.32 Å². The van der Waals surface area contributed by atoms with Crippen molar-refractivity contribution in [2.45, 2.75) is 6.04 Å². The molecule has 1 N–H and O–H groups in total. The highest BCUT2D eigenvalue weighted by Gasteiger charge is 2.25. The van der Waals surface area contributed by atoms with Crippen molar-refractivity contribution < 1.29 is 8.78 Å². The zero-order valence-corrected chi connectivity index (χ0v) is 12.6. The number of aromatic nitrogens is 3. The lowest BCUT2D eigenvalue weighted by atomic mass is 9.99. The van der Waals surface area contributed by atoms with Crippen LogP contribution < -0.4 is 5.32 Å². The Morgan fingerprint density at radius 1 is 1.29 bits per heavy atom. The smallest absolute Gasteiger partial charge is 0.145 e. The number of hydrogen-bond donors (Lipinski definition) is 1. The lowest BCUT2D eigenvalue weighted by Crippen LogP contribution is -2.20. The molecular weight excluding hydrogens is 342 g/mol. The van der Waals surface area contributed by atoms with Crippen LogP contribution in [0.25, 0.3) is 5.52 Å². The SMILES string of the molecule is CNC(c1c(F)ccc(Br)c1F)c1cnn2ccncc12. The van der Waals surface area contributed by atoms with Crippen LogP contribution in [0.1, 0.15) is 17.2 Å². The molecule has 21 heavy (non-hydrogen) atoms. The van der Waals surface area contributed by atoms with Crippen LogP contribution in [-0.2, 0) is 0 Å². The number of hydrogen-bond acceptors (Lipinski definition) is 3. The predicted octanol–water partition coefficient (Wildman–Crippen LogP) is 3.08. The van der Waals surface area contributed by atoms with E-state index in [1.165, 1.54) is 12.1 Å². The Morgan fingerprint density at radius 3 is 2.86 bits per heavy atom. The summed E-state index contributed by atoms with van der Waals surface area (Å²) < 4.78 is 30.3. The lowest BCUT2D eigenvalue weighted by Gasteiger charge is -2.18. The molecule has 3 rings (SSSR count). The van der Waals surface area contributed by atoms with Gasteiger partial charge in [0.2, 0.25) is 0 Å². The third-order valence-corrected chi connectivity index (χ3v) is 3.93. The Morgan fingerprint density at radius 2 is 2.10 bits per heavy atom. The number of nitrogens with zero attached hydrogens (tertiary/aromatic N) is 3. The molecule has 1 unspecified atom stereocenters. The average molecular weight is 353 g/mol. The highest BCUT2D eigenvalue weighted by atomic mass is 79.9. The summed E-state index contributed by atoms with van der Waals surface area (Å²) in [5.74, 6) is -1.24. The van der Waals surface area contributed by atoms with Crippen molar-refractivity contribution in [1.29, 1.82) is 0 Å². The summed E-state index contributed by atoms with van der Waals surface area (Å²) in [4.78, 5) is 4.03. The first kappa shape index (κ1) is 14.1. The molecule has 0 aliphatic heterocycles. The highest BCUT2D eigenvalue weighted by Crippen LogP contribution is 2.32. The fraction of sp³-hybridized carbons (Fsp3) is 0.143. The molecule has 3 aromatic rings. The van der Waals surface area contributed by atoms with Crippen molar-refractivity contribution in [3.8, 4) is 0 Å². The number of nitrogens with one attached hydrogen (secondary N) is 1. The first-order chi connectivity index (χ1) is 10.1. The standard InChI is InChI=1S/C14H11BrF2N4/c1-18-14(12-10(16)3-2-9(15)13(12)17)8-6-20-21-5-4-19-7-11(8)21/h2-7,14,18H,1H3. The largest absolute Gasteiger partial charge is 0.309 e. The van der Waals surface area contributed by atoms with Gasteiger partial charge >= 0.3 is 0 Å². The van der Waals surface area contributed by atoms with Crippen molar-refractivity contribution in [3.63, 3.8) is 0 Å². The first-order valence-corrected chi connectivity index (χ1v) is 7.00. The van der Waals surface area contributed by atoms with E-state index in [0.29, 0.717) is 11.1 Å². The molecule has 0 saturated heterocycles. The number of halogens is 3. The second-order valence-electron chi connectivity index (χ2n) is 4.48. The van der Waals surface area contributed by atoms with Gasteiger partial charge in [-0.3, -0.25) is 4.98 Å². The zero-order valence-electron chi connectivity index (χ0n) is 11.0. The minimum absolute atomic E-state index is 0.0503. The second-order valence-corrected chi connectivity index (χ2v) is 5.34. The van der Waals surface area contributed by atoms with Crippen molar-refractivity contribution in [3.05, 3.63) is 64.2 Å². The van der Waals surface area contributed by atoms with Crippen LogP contribution in [0.3, 0.4) is 0 Å². The molecule has 0 radical (unpaired) electrons. The third-order valence-electron chi connectivity index (χ3n) is 3.32. The van der Waals surface area contributed by atoms with Crippen molar-refractivity contribution >= 4 is 21.4 Å². The Balaban J connectivity index is 2.22. The van der Waals surface area contributed by atoms with Gasteiger partial charge in [-0.05, 0) is 35.1 Å². The number of benzene rings is 1. The van der Waals surface area contributed by atoms with Gasteiger partial charge in [-0.15, -0.1) is 0 Å². The second kappa shape index (κ2) is 5.50. The van der Waals surface area contributed by atoms with E-state index in [4.69, 9.17) is 0 Å². The van der Waals surface area contributed by atoms with Crippen molar-refractivity contribution in [2.24, 2.45) is 0 Å². The Bertz CT molecular complexity index is 803. The van der Waals surface area contributed by atoms with E-state index < -0.39 is 17.7 Å². The van der Waals surface area contributed by atoms with Crippen LogP contribution in [0.4, 0.5) is 8.78 Å². The fourth-order valence-electron chi connectivity index (χ4n) is 2.34. The van der Waals surface area contributed by atoms with Gasteiger partial charge in [0.1, 0.15) is 11.6 Å². The molecule has 0 aliphatic carbocycles. The average Bonchev–Trinajstić information content (AvgIpc) is 2.91. The van der Waals surface area contributed by atoms with E-state index in [1.807, 2.05) is 0 Å². The fourth-order valence-corrected chi connectivity index (χ4v) is 2.68. The Kier molecular flexibility index (Phi) is 3.69. The van der Waals surface area contributed by atoms with E-state index in [1.54, 1.807) is 36.4 Å². The Hall–Kier alpha value is -1.86. The molecular formula is C14H11BrF2N4. The molecule has 0 bridgehead atoms. The molecule has 4 nitrogen and oxygen atoms in total. The molecule has 1 atom stereocenters. The maximum absolute atomic E-state index is 14.3. The number of rotatable bonds is 3. The first-order valence-electron chi connectivity index (χ1n) is 6.21. The number of fused-ring (bicyclic) bond motifs is 1. The Labute approximate surface area is 127 Å². The van der Waals surface area contributed by atoms with Gasteiger partial charge in [-0.25, -0.2) is 13.3 Å². The molecule has 0 spiro atoms. The van der Waals surface area contributed by atoms with Crippen molar-refractivity contribution in [2.75, 3.05) is 7.05 Å². The van der Waals surface area contributed by atoms with E-state index in [9.17, 15) is 8.78 Å². The summed E-state index contributed by atoms with van der Waals surface area (Å²) in [5, 5.41) is 7.11. The molecule has 2 aromatic heterocycles. The predicted molar refractivity (Wildman–Crippen MR) is 77.9 cm³/mol. The van der Waals surface area contributed by atoms with Crippen LogP contribution in [0.2, 0.25) is 0 Å². The minimum atomic E-state index is -0.663. The lowest BCUT2D eigenvalue weighted by molar-refractivity contribution is 0.519. The minimum Gasteiger partial charge on any atom is -0.309 e. The summed E-state index contributed by atoms with van der Waals surface area (Å²) in [5.41, 5.74) is 1.29. The molecule has 108 valence electrons. The van der Waals surface area contributed by atoms with E-state index >= 15 is 0 Å². The van der Waals surface area contributed by atoms with E-state index in [2.05, 4.69) is 31.3 Å². The third kappa shape index (κ3) is 2.32. The van der Waals surface area contributed by atoms with E-state index in [-0.39, 0.29) is 10.0 Å². The molecule has 1 aromatic carbocycles. The molecule has 0 aliphatic rings. The van der Waals surface area contributed by atoms with Crippen LogP contribution in [0, 0.1) is 11.6 Å². The van der Waals surface area contributed by atoms with Crippen LogP contribution >= 0.6 is 15.9 Å². The quantitative estimate of drug-likeness (QED) is 0.736. The maximum atomic E-state index is 14.3. The summed E-state index contributed by atoms with van der Waals surface area (Å²) in [6.07, 6.45) is 6.47. The summed E-state index contributed by atoms with van der Waals surface area (Å²) in [6, 6.07) is 1.92. The van der Waals surface area contributed by atoms with Gasteiger partial charge in [0.05, 0.1) is 28.4 Å². The van der Waals surface area contributed by atoms with E-state index in [0.717, 1.165) is 0 Å². The van der Waals surface area contributed by atoms with Gasteiger partial charge in [-0.1, -0.05) is 0 Å². The summed E-state index contributed by atoms with van der Waals surface area (Å²) in [6.45, 7) is 0. The summed E-state index contributed by atoms with van der Waals surface area (Å²) in [7, 11) is 1.64. The van der Waals surface area contributed by atoms with Gasteiger partial charge in [0.25, 0.3) is 0 Å². The zero-order chi connectivity index (χ0) is 15.0. The molecule has 0 fully saturated rings. The van der Waals surface area contributed by atoms with Gasteiger partial charge in [-0.2, -0.15) is 5.10 Å². The topological polar surface area (TPSA) is 42.2 Å². The monoisotopic (exact) mass is 352 g/mol. The summed E-state index contributed by atoms with van der Waals surface area (Å²) >= 11 is 3.09. The normalized spacial score (nSPS) is 12.8. The highest BCUT2D eigenvalue weighted by molar-refractivity contribution is 9.10. The van der Waals surface area contributed by atoms with Crippen molar-refractivity contribution in [1.82, 2.24) is 19.9 Å². The van der Waals surface area contributed by atoms with Crippen LogP contribution in [-0.4, -0.2) is 21.6 Å². The molecule has 0 saturated carbocycles. The molecule has 2 heterocycles. The van der Waals surface area contributed by atoms with Crippen LogP contribution in [0.5, 0.6) is 0 Å². The molecule has 0 amide bonds. The van der Waals surface area contributed by atoms with Crippen LogP contribution in [0.15, 0.2) is 41.4 Å². The van der Waals surface area contributed by atoms with Gasteiger partial charge in [0.15, 0.2) is 0 Å². The maximum Gasteiger partial charge on any atom is 0.145 e. The van der Waals surface area contributed by atoms with Gasteiger partial charge in [0, 0.05) is 23.5 Å². The molecule has 7 heteroatoms.